The number of anilines is 2. The van der Waals surface area contributed by atoms with E-state index in [9.17, 15) is 10.1 Å². The van der Waals surface area contributed by atoms with E-state index in [1.54, 1.807) is 24.4 Å². The van der Waals surface area contributed by atoms with Crippen molar-refractivity contribution in [3.05, 3.63) is 131 Å². The van der Waals surface area contributed by atoms with Crippen LogP contribution in [0.4, 0.5) is 10.8 Å². The van der Waals surface area contributed by atoms with E-state index in [4.69, 9.17) is 4.74 Å². The Labute approximate surface area is 230 Å². The Kier molecular flexibility index (Phi) is 8.02. The van der Waals surface area contributed by atoms with Crippen LogP contribution in [0.15, 0.2) is 114 Å². The minimum atomic E-state index is -0.311. The number of hydrogen-bond acceptors (Lipinski definition) is 7. The number of hydrogen-bond donors (Lipinski definition) is 2. The molecule has 0 atom stereocenters. The first-order valence-corrected chi connectivity index (χ1v) is 13.0. The highest BCUT2D eigenvalue weighted by molar-refractivity contribution is 7.14. The van der Waals surface area contributed by atoms with Crippen LogP contribution in [0.25, 0.3) is 11.3 Å². The first-order chi connectivity index (χ1) is 19.2. The molecule has 39 heavy (non-hydrogen) atoms. The third kappa shape index (κ3) is 6.74. The van der Waals surface area contributed by atoms with Crippen LogP contribution in [-0.4, -0.2) is 17.1 Å². The molecule has 0 unspecified atom stereocenters. The molecule has 5 aromatic rings. The number of thiazole rings is 1. The maximum Gasteiger partial charge on any atom is 0.271 e. The molecule has 0 radical (unpaired) electrons. The number of hydrazone groups is 1. The summed E-state index contributed by atoms with van der Waals surface area (Å²) in [5.74, 6) is 0.362. The molecule has 0 aliphatic carbocycles. The normalized spacial score (nSPS) is 10.6. The van der Waals surface area contributed by atoms with Crippen LogP contribution in [-0.2, 0) is 6.61 Å². The molecule has 1 heterocycles. The summed E-state index contributed by atoms with van der Waals surface area (Å²) in [4.78, 5) is 17.1. The predicted octanol–water partition coefficient (Wildman–Crippen LogP) is 6.77. The summed E-state index contributed by atoms with van der Waals surface area (Å²) in [5, 5.41) is 19.3. The molecule has 190 valence electrons. The van der Waals surface area contributed by atoms with Crippen molar-refractivity contribution in [2.75, 3.05) is 5.32 Å². The zero-order chi connectivity index (χ0) is 26.9. The highest BCUT2D eigenvalue weighted by Crippen LogP contribution is 2.27. The minimum Gasteiger partial charge on any atom is -0.489 e. The molecule has 1 aromatic heterocycles. The van der Waals surface area contributed by atoms with Crippen LogP contribution in [0.3, 0.4) is 0 Å². The lowest BCUT2D eigenvalue weighted by molar-refractivity contribution is 0.0955. The molecule has 8 heteroatoms. The molecule has 5 rings (SSSR count). The fourth-order valence-electron chi connectivity index (χ4n) is 3.70. The molecule has 0 saturated carbocycles. The highest BCUT2D eigenvalue weighted by Gasteiger charge is 2.07. The largest absolute Gasteiger partial charge is 0.489 e. The maximum absolute atomic E-state index is 12.5. The Hall–Kier alpha value is -5.26. The Morgan fingerprint density at radius 1 is 0.949 bits per heavy atom. The smallest absolute Gasteiger partial charge is 0.271 e. The van der Waals surface area contributed by atoms with Gasteiger partial charge in [0.15, 0.2) is 5.13 Å². The summed E-state index contributed by atoms with van der Waals surface area (Å²) in [7, 11) is 0. The van der Waals surface area contributed by atoms with Crippen molar-refractivity contribution in [2.45, 2.75) is 6.61 Å². The molecule has 7 nitrogen and oxygen atoms in total. The number of benzene rings is 4. The van der Waals surface area contributed by atoms with Gasteiger partial charge in [-0.2, -0.15) is 10.4 Å². The number of nitrogens with zero attached hydrogens (tertiary/aromatic N) is 3. The van der Waals surface area contributed by atoms with Crippen LogP contribution in [0.5, 0.6) is 5.75 Å². The van der Waals surface area contributed by atoms with Gasteiger partial charge in [0.05, 0.1) is 23.5 Å². The van der Waals surface area contributed by atoms with E-state index in [1.807, 2.05) is 90.3 Å². The quantitative estimate of drug-likeness (QED) is 0.162. The van der Waals surface area contributed by atoms with Gasteiger partial charge < -0.3 is 10.1 Å². The molecule has 2 N–H and O–H groups in total. The molecular weight excluding hydrogens is 506 g/mol. The summed E-state index contributed by atoms with van der Waals surface area (Å²) >= 11 is 1.52. The van der Waals surface area contributed by atoms with Crippen LogP contribution in [0.1, 0.15) is 27.0 Å². The first-order valence-electron chi connectivity index (χ1n) is 12.1. The van der Waals surface area contributed by atoms with E-state index in [2.05, 4.69) is 26.9 Å². The second-order valence-corrected chi connectivity index (χ2v) is 9.29. The van der Waals surface area contributed by atoms with Crippen LogP contribution < -0.4 is 15.5 Å². The van der Waals surface area contributed by atoms with Crippen LogP contribution >= 0.6 is 11.3 Å². The first kappa shape index (κ1) is 25.4. The van der Waals surface area contributed by atoms with E-state index in [-0.39, 0.29) is 5.91 Å². The third-order valence-electron chi connectivity index (χ3n) is 5.76. The molecule has 4 aromatic carbocycles. The SMILES string of the molecule is N#Cc1ccccc1COc1ccc(/C=N/NC(=O)c2ccc(Nc3nc(-c4ccccc4)cs3)cc2)cc1. The number of carbonyl (C=O) groups excluding carboxylic acids is 1. The Bertz CT molecular complexity index is 1620. The van der Waals surface area contributed by atoms with Gasteiger partial charge in [-0.05, 0) is 60.2 Å². The van der Waals surface area contributed by atoms with Gasteiger partial charge in [-0.3, -0.25) is 4.79 Å². The number of rotatable bonds is 9. The number of nitrogens with one attached hydrogen (secondary N) is 2. The van der Waals surface area contributed by atoms with Gasteiger partial charge in [-0.15, -0.1) is 11.3 Å². The lowest BCUT2D eigenvalue weighted by atomic mass is 10.1. The average molecular weight is 530 g/mol. The molecule has 0 fully saturated rings. The van der Waals surface area contributed by atoms with Gasteiger partial charge in [0.2, 0.25) is 0 Å². The summed E-state index contributed by atoms with van der Waals surface area (Å²) < 4.78 is 5.78. The Morgan fingerprint density at radius 3 is 2.46 bits per heavy atom. The van der Waals surface area contributed by atoms with Gasteiger partial charge in [0, 0.05) is 27.8 Å². The molecule has 0 aliphatic rings. The molecular formula is C31H23N5O2S. The summed E-state index contributed by atoms with van der Waals surface area (Å²) in [5.41, 5.74) is 8.09. The predicted molar refractivity (Wildman–Crippen MR) is 154 cm³/mol. The second-order valence-electron chi connectivity index (χ2n) is 8.43. The topological polar surface area (TPSA) is 99.4 Å². The third-order valence-corrected chi connectivity index (χ3v) is 6.52. The van der Waals surface area contributed by atoms with Crippen molar-refractivity contribution < 1.29 is 9.53 Å². The van der Waals surface area contributed by atoms with Crippen LogP contribution in [0, 0.1) is 11.3 Å². The summed E-state index contributed by atoms with van der Waals surface area (Å²) in [6.07, 6.45) is 1.56. The van der Waals surface area contributed by atoms with Crippen molar-refractivity contribution >= 4 is 34.3 Å². The van der Waals surface area contributed by atoms with E-state index in [0.29, 0.717) is 23.5 Å². The van der Waals surface area contributed by atoms with Crippen molar-refractivity contribution in [3.8, 4) is 23.1 Å². The van der Waals surface area contributed by atoms with Gasteiger partial charge in [0.25, 0.3) is 5.91 Å². The molecule has 1 amide bonds. The van der Waals surface area contributed by atoms with Gasteiger partial charge >= 0.3 is 0 Å². The molecule has 0 aliphatic heterocycles. The minimum absolute atomic E-state index is 0.306. The molecule has 0 bridgehead atoms. The standard InChI is InChI=1S/C31H23N5O2S/c32-18-25-8-4-5-9-26(25)20-38-28-16-10-22(11-17-28)19-33-36-30(37)24-12-14-27(15-13-24)34-31-35-29(21-39-31)23-6-2-1-3-7-23/h1-17,19,21H,20H2,(H,34,35)(H,36,37)/b33-19+. The van der Waals surface area contributed by atoms with E-state index in [1.165, 1.54) is 11.3 Å². The van der Waals surface area contributed by atoms with Gasteiger partial charge in [-0.1, -0.05) is 48.5 Å². The second kappa shape index (κ2) is 12.3. The maximum atomic E-state index is 12.5. The number of nitriles is 1. The van der Waals surface area contributed by atoms with Crippen molar-refractivity contribution in [2.24, 2.45) is 5.10 Å². The number of amides is 1. The zero-order valence-electron chi connectivity index (χ0n) is 20.7. The van der Waals surface area contributed by atoms with Gasteiger partial charge in [-0.25, -0.2) is 10.4 Å². The van der Waals surface area contributed by atoms with Crippen molar-refractivity contribution in [3.63, 3.8) is 0 Å². The van der Waals surface area contributed by atoms with E-state index >= 15 is 0 Å². The van der Waals surface area contributed by atoms with E-state index < -0.39 is 0 Å². The zero-order valence-corrected chi connectivity index (χ0v) is 21.6. The Morgan fingerprint density at radius 2 is 1.69 bits per heavy atom. The lowest BCUT2D eigenvalue weighted by Gasteiger charge is -2.07. The highest BCUT2D eigenvalue weighted by atomic mass is 32.1. The summed E-state index contributed by atoms with van der Waals surface area (Å²) in [6, 6.07) is 33.9. The van der Waals surface area contributed by atoms with Crippen molar-refractivity contribution in [1.29, 1.82) is 5.26 Å². The lowest BCUT2D eigenvalue weighted by Crippen LogP contribution is -2.17. The fourth-order valence-corrected chi connectivity index (χ4v) is 4.44. The number of carbonyl (C=O) groups is 1. The molecule has 0 spiro atoms. The summed E-state index contributed by atoms with van der Waals surface area (Å²) in [6.45, 7) is 0.306. The Balaban J connectivity index is 1.11. The average Bonchev–Trinajstić information content (AvgIpc) is 3.46. The number of aromatic nitrogens is 1. The molecule has 0 saturated heterocycles. The van der Waals surface area contributed by atoms with E-state index in [0.717, 1.165) is 33.2 Å². The van der Waals surface area contributed by atoms with Crippen LogP contribution in [0.2, 0.25) is 0 Å². The number of ether oxygens (including phenoxy) is 1. The van der Waals surface area contributed by atoms with Crippen molar-refractivity contribution in [1.82, 2.24) is 10.4 Å². The fraction of sp³-hybridized carbons (Fsp3) is 0.0323. The van der Waals surface area contributed by atoms with Gasteiger partial charge in [0.1, 0.15) is 12.4 Å². The monoisotopic (exact) mass is 529 g/mol.